The van der Waals surface area contributed by atoms with E-state index >= 15 is 0 Å². The lowest BCUT2D eigenvalue weighted by Gasteiger charge is -2.21. The molecular weight excluding hydrogens is 1380 g/mol. The van der Waals surface area contributed by atoms with E-state index in [1.54, 1.807) is 0 Å². The molecule has 0 rings (SSSR count). The van der Waals surface area contributed by atoms with Gasteiger partial charge in [0.05, 0.1) is 26.4 Å². The molecule has 0 saturated carbocycles. The number of aliphatic hydroxyl groups is 1. The van der Waals surface area contributed by atoms with Gasteiger partial charge in [-0.05, 0) is 161 Å². The smallest absolute Gasteiger partial charge is 0.462 e. The van der Waals surface area contributed by atoms with Crippen LogP contribution in [0.1, 0.15) is 297 Å². The number of hydrogen-bond acceptors (Lipinski definition) is 15. The van der Waals surface area contributed by atoms with Crippen LogP contribution in [-0.2, 0) is 65.4 Å². The van der Waals surface area contributed by atoms with Crippen LogP contribution in [0.5, 0.6) is 0 Å². The highest BCUT2D eigenvalue weighted by Crippen LogP contribution is 2.45. The molecule has 5 unspecified atom stereocenters. The zero-order valence-corrected chi connectivity index (χ0v) is 67.6. The highest BCUT2D eigenvalue weighted by molar-refractivity contribution is 7.47. The second-order valence-electron chi connectivity index (χ2n) is 26.2. The van der Waals surface area contributed by atoms with Crippen LogP contribution in [0.4, 0.5) is 0 Å². The normalized spacial score (nSPS) is 14.7. The van der Waals surface area contributed by atoms with Crippen molar-refractivity contribution in [3.05, 3.63) is 170 Å². The summed E-state index contributed by atoms with van der Waals surface area (Å²) < 4.78 is 68.5. The molecule has 0 bridgehead atoms. The molecule has 0 aliphatic rings. The van der Waals surface area contributed by atoms with Crippen LogP contribution in [0.15, 0.2) is 170 Å². The van der Waals surface area contributed by atoms with Gasteiger partial charge in [-0.1, -0.05) is 281 Å². The van der Waals surface area contributed by atoms with Crippen molar-refractivity contribution < 1.29 is 80.2 Å². The van der Waals surface area contributed by atoms with E-state index in [-0.39, 0.29) is 25.7 Å². The predicted molar refractivity (Wildman–Crippen MR) is 436 cm³/mol. The van der Waals surface area contributed by atoms with Gasteiger partial charge in [0.1, 0.15) is 19.3 Å². The number of allylic oxidation sites excluding steroid dienone is 28. The van der Waals surface area contributed by atoms with Crippen LogP contribution in [0, 0.1) is 0 Å². The fraction of sp³-hybridized carbons (Fsp3) is 0.632. The number of rotatable bonds is 74. The summed E-state index contributed by atoms with van der Waals surface area (Å²) in [6.07, 6.45) is 92.0. The summed E-state index contributed by atoms with van der Waals surface area (Å²) in [7, 11) is -10.00. The van der Waals surface area contributed by atoms with Gasteiger partial charge in [-0.2, -0.15) is 0 Å². The maximum Gasteiger partial charge on any atom is 0.472 e. The number of carbonyl (C=O) groups excluding carboxylic acids is 4. The molecule has 602 valence electrons. The highest BCUT2D eigenvalue weighted by atomic mass is 31.2. The molecule has 0 fully saturated rings. The van der Waals surface area contributed by atoms with E-state index in [1.807, 2.05) is 12.2 Å². The van der Waals surface area contributed by atoms with Crippen LogP contribution >= 0.6 is 15.6 Å². The van der Waals surface area contributed by atoms with Crippen LogP contribution in [0.25, 0.3) is 0 Å². The second-order valence-corrected chi connectivity index (χ2v) is 29.1. The maximum absolute atomic E-state index is 13.1. The lowest BCUT2D eigenvalue weighted by molar-refractivity contribution is -0.161. The Morgan fingerprint density at radius 2 is 0.500 bits per heavy atom. The third-order valence-corrected chi connectivity index (χ3v) is 18.1. The van der Waals surface area contributed by atoms with Gasteiger partial charge in [0.25, 0.3) is 0 Å². The Morgan fingerprint density at radius 1 is 0.274 bits per heavy atom. The molecule has 0 saturated heterocycles. The first kappa shape index (κ1) is 100. The van der Waals surface area contributed by atoms with Crippen molar-refractivity contribution in [2.24, 2.45) is 0 Å². The lowest BCUT2D eigenvalue weighted by atomic mass is 10.1. The Bertz CT molecular complexity index is 2680. The van der Waals surface area contributed by atoms with Crippen molar-refractivity contribution in [1.82, 2.24) is 0 Å². The van der Waals surface area contributed by atoms with E-state index in [2.05, 4.69) is 186 Å². The standard InChI is InChI=1S/C87H142O17P2/c1-5-9-13-17-21-25-29-32-35-38-40-43-46-49-53-56-60-64-68-72-85(90)98-78-83(104-87(92)74-70-66-62-58-54-50-47-44-41-39-36-33-30-26-22-18-14-10-6-2)80-102-106(95,96)100-76-81(88)75-99-105(93,94)101-79-82(103-86(91)73-69-65-61-57-51-28-24-20-16-12-8-4)77-97-84(89)71-67-63-59-55-52-48-45-42-37-34-31-27-23-19-15-11-7-3/h9-11,13-15,20-27,32-37,40-41,43-45,48,55,59,81-83,88H,5-8,12,16-19,28-31,38-39,42,46-47,49-54,56-58,60-80H2,1-4H3,(H,93,94)(H,95,96)/b13-9-,14-10-,15-11-,24-20-,25-21-,26-22-,27-23-,35-32-,36-33-,37-34-,43-40-,44-41-,48-45-,59-55-. The van der Waals surface area contributed by atoms with Crippen molar-refractivity contribution in [2.45, 2.75) is 316 Å². The summed E-state index contributed by atoms with van der Waals surface area (Å²) in [6, 6.07) is 0. The van der Waals surface area contributed by atoms with Crippen molar-refractivity contribution in [2.75, 3.05) is 39.6 Å². The number of aliphatic hydroxyl groups excluding tert-OH is 1. The van der Waals surface area contributed by atoms with Crippen molar-refractivity contribution >= 4 is 39.5 Å². The Balaban J connectivity index is 5.42. The van der Waals surface area contributed by atoms with Crippen LogP contribution < -0.4 is 0 Å². The fourth-order valence-corrected chi connectivity index (χ4v) is 11.7. The summed E-state index contributed by atoms with van der Waals surface area (Å²) in [5, 5.41) is 10.6. The number of esters is 4. The van der Waals surface area contributed by atoms with Gasteiger partial charge in [0, 0.05) is 25.7 Å². The summed E-state index contributed by atoms with van der Waals surface area (Å²) in [5.74, 6) is -2.29. The molecule has 0 aliphatic heterocycles. The molecule has 5 atom stereocenters. The molecule has 0 radical (unpaired) electrons. The molecule has 0 aromatic rings. The largest absolute Gasteiger partial charge is 0.472 e. The third-order valence-electron chi connectivity index (χ3n) is 16.2. The molecule has 0 aromatic carbocycles. The van der Waals surface area contributed by atoms with Crippen LogP contribution in [0.3, 0.4) is 0 Å². The monoisotopic (exact) mass is 1520 g/mol. The minimum Gasteiger partial charge on any atom is -0.462 e. The summed E-state index contributed by atoms with van der Waals surface area (Å²) in [4.78, 5) is 73.0. The molecular formula is C87H142O17P2. The Kier molecular flexibility index (Phi) is 73.5. The van der Waals surface area contributed by atoms with Crippen LogP contribution in [0.2, 0.25) is 0 Å². The van der Waals surface area contributed by atoms with Gasteiger partial charge in [-0.15, -0.1) is 0 Å². The van der Waals surface area contributed by atoms with Crippen LogP contribution in [-0.4, -0.2) is 96.7 Å². The first-order chi connectivity index (χ1) is 51.7. The topological polar surface area (TPSA) is 237 Å². The van der Waals surface area contributed by atoms with E-state index in [0.29, 0.717) is 32.1 Å². The van der Waals surface area contributed by atoms with Gasteiger partial charge in [-0.3, -0.25) is 37.3 Å². The lowest BCUT2D eigenvalue weighted by Crippen LogP contribution is -2.30. The van der Waals surface area contributed by atoms with Crippen molar-refractivity contribution in [3.8, 4) is 0 Å². The second kappa shape index (κ2) is 77.6. The van der Waals surface area contributed by atoms with Gasteiger partial charge < -0.3 is 33.8 Å². The van der Waals surface area contributed by atoms with E-state index in [1.165, 1.54) is 12.8 Å². The Labute approximate surface area is 642 Å². The predicted octanol–water partition coefficient (Wildman–Crippen LogP) is 23.8. The number of hydrogen-bond donors (Lipinski definition) is 3. The third kappa shape index (κ3) is 76.6. The number of ether oxygens (including phenoxy) is 4. The summed E-state index contributed by atoms with van der Waals surface area (Å²) in [5.41, 5.74) is 0. The molecule has 17 nitrogen and oxygen atoms in total. The highest BCUT2D eigenvalue weighted by Gasteiger charge is 2.30. The molecule has 0 spiro atoms. The molecule has 0 heterocycles. The Morgan fingerprint density at radius 3 is 0.802 bits per heavy atom. The fourth-order valence-electron chi connectivity index (χ4n) is 10.1. The summed E-state index contributed by atoms with van der Waals surface area (Å²) in [6.45, 7) is 4.38. The molecule has 106 heavy (non-hydrogen) atoms. The van der Waals surface area contributed by atoms with E-state index < -0.39 is 97.5 Å². The average molecular weight is 1520 g/mol. The number of carbonyl (C=O) groups is 4. The Hall–Kier alpha value is -5.58. The first-order valence-electron chi connectivity index (χ1n) is 40.4. The van der Waals surface area contributed by atoms with E-state index in [9.17, 15) is 43.2 Å². The molecule has 3 N–H and O–H groups in total. The number of phosphoric ester groups is 2. The van der Waals surface area contributed by atoms with Crippen molar-refractivity contribution in [1.29, 1.82) is 0 Å². The molecule has 19 heteroatoms. The number of phosphoric acid groups is 2. The van der Waals surface area contributed by atoms with Gasteiger partial charge >= 0.3 is 39.5 Å². The van der Waals surface area contributed by atoms with E-state index in [0.717, 1.165) is 199 Å². The minimum atomic E-state index is -5.00. The molecule has 0 aliphatic carbocycles. The summed E-state index contributed by atoms with van der Waals surface area (Å²) >= 11 is 0. The average Bonchev–Trinajstić information content (AvgIpc) is 0.901. The van der Waals surface area contributed by atoms with Gasteiger partial charge in [0.15, 0.2) is 12.2 Å². The molecule has 0 amide bonds. The zero-order valence-electron chi connectivity index (χ0n) is 65.8. The van der Waals surface area contributed by atoms with Gasteiger partial charge in [-0.25, -0.2) is 9.13 Å². The number of unbranched alkanes of at least 4 members (excludes halogenated alkanes) is 20. The minimum absolute atomic E-state index is 0.0667. The van der Waals surface area contributed by atoms with E-state index in [4.69, 9.17) is 37.0 Å². The van der Waals surface area contributed by atoms with Gasteiger partial charge in [0.2, 0.25) is 0 Å². The van der Waals surface area contributed by atoms with Crippen molar-refractivity contribution in [3.63, 3.8) is 0 Å². The first-order valence-corrected chi connectivity index (χ1v) is 43.4. The maximum atomic E-state index is 13.1. The zero-order chi connectivity index (χ0) is 77.4. The quantitative estimate of drug-likeness (QED) is 0.0169. The molecule has 0 aromatic heterocycles. The SMILES string of the molecule is CC/C=C\C/C=C\C/C=C\C/C=C\C/C=C\CCCC(=O)OCC(COP(=O)(O)OCC(O)COP(=O)(O)OCC(COC(=O)CCCCCCCC/C=C\C/C=C\C/C=C\C/C=C\CC)OC(=O)CCCCCCCC/C=C\C/C=C\C/C=C\C/C=C\CC)OC(=O)CCCCCCC/C=C\CCCC.